The summed E-state index contributed by atoms with van der Waals surface area (Å²) in [6.45, 7) is 2.07. The number of pyridine rings is 2. The largest absolute Gasteiger partial charge is 0.452 e. The molecule has 82 valence electrons. The Kier molecular flexibility index (Phi) is 3.00. The Balaban J connectivity index is 2.24. The van der Waals surface area contributed by atoms with E-state index in [1.54, 1.807) is 24.7 Å². The van der Waals surface area contributed by atoms with Crippen LogP contribution in [-0.4, -0.2) is 9.97 Å². The molecule has 0 bridgehead atoms. The normalized spacial score (nSPS) is 10.1. The lowest BCUT2D eigenvalue weighted by molar-refractivity contribution is 0.479. The molecule has 0 spiro atoms. The van der Waals surface area contributed by atoms with Gasteiger partial charge in [0.15, 0.2) is 5.75 Å². The number of nitrogen functional groups attached to an aromatic ring is 1. The SMILES string of the molecule is CCc1cncc(Oc2cnccc2N)c1. The lowest BCUT2D eigenvalue weighted by Crippen LogP contribution is -1.93. The van der Waals surface area contributed by atoms with Crippen molar-refractivity contribution < 1.29 is 4.74 Å². The predicted molar refractivity (Wildman–Crippen MR) is 62.3 cm³/mol. The minimum absolute atomic E-state index is 0.553. The number of nitrogens with two attached hydrogens (primary N) is 1. The lowest BCUT2D eigenvalue weighted by atomic mass is 10.2. The van der Waals surface area contributed by atoms with Crippen LogP contribution in [-0.2, 0) is 6.42 Å². The fourth-order valence-electron chi connectivity index (χ4n) is 1.32. The topological polar surface area (TPSA) is 61.0 Å². The molecule has 2 aromatic heterocycles. The third-order valence-corrected chi connectivity index (χ3v) is 2.22. The molecule has 16 heavy (non-hydrogen) atoms. The molecule has 0 radical (unpaired) electrons. The van der Waals surface area contributed by atoms with Crippen LogP contribution >= 0.6 is 0 Å². The van der Waals surface area contributed by atoms with Gasteiger partial charge in [0.05, 0.1) is 18.1 Å². The van der Waals surface area contributed by atoms with Crippen LogP contribution in [0.1, 0.15) is 12.5 Å². The second kappa shape index (κ2) is 4.61. The van der Waals surface area contributed by atoms with Crippen molar-refractivity contribution in [2.45, 2.75) is 13.3 Å². The van der Waals surface area contributed by atoms with E-state index < -0.39 is 0 Å². The summed E-state index contributed by atoms with van der Waals surface area (Å²) in [5, 5.41) is 0. The summed E-state index contributed by atoms with van der Waals surface area (Å²) in [6, 6.07) is 3.64. The minimum Gasteiger partial charge on any atom is -0.452 e. The second-order valence-electron chi connectivity index (χ2n) is 3.40. The smallest absolute Gasteiger partial charge is 0.168 e. The van der Waals surface area contributed by atoms with Gasteiger partial charge in [0.25, 0.3) is 0 Å². The Morgan fingerprint density at radius 2 is 2.12 bits per heavy atom. The summed E-state index contributed by atoms with van der Waals surface area (Å²) in [7, 11) is 0. The molecule has 0 aliphatic rings. The number of nitrogens with zero attached hydrogens (tertiary/aromatic N) is 2. The van der Waals surface area contributed by atoms with E-state index in [2.05, 4.69) is 16.9 Å². The monoisotopic (exact) mass is 215 g/mol. The molecule has 2 heterocycles. The van der Waals surface area contributed by atoms with E-state index in [1.165, 1.54) is 0 Å². The third kappa shape index (κ3) is 2.28. The first-order valence-electron chi connectivity index (χ1n) is 5.11. The zero-order chi connectivity index (χ0) is 11.4. The molecule has 2 rings (SSSR count). The molecule has 4 nitrogen and oxygen atoms in total. The molecule has 0 aliphatic heterocycles. The summed E-state index contributed by atoms with van der Waals surface area (Å²) >= 11 is 0. The Morgan fingerprint density at radius 3 is 2.88 bits per heavy atom. The van der Waals surface area contributed by atoms with Crippen LogP contribution in [0.25, 0.3) is 0 Å². The quantitative estimate of drug-likeness (QED) is 0.854. The van der Waals surface area contributed by atoms with Crippen LogP contribution in [0.4, 0.5) is 5.69 Å². The number of hydrogen-bond donors (Lipinski definition) is 1. The summed E-state index contributed by atoms with van der Waals surface area (Å²) in [5.74, 6) is 1.23. The van der Waals surface area contributed by atoms with E-state index >= 15 is 0 Å². The van der Waals surface area contributed by atoms with Gasteiger partial charge in [-0.3, -0.25) is 9.97 Å². The fraction of sp³-hybridized carbons (Fsp3) is 0.167. The average molecular weight is 215 g/mol. The van der Waals surface area contributed by atoms with E-state index in [0.29, 0.717) is 17.2 Å². The number of rotatable bonds is 3. The highest BCUT2D eigenvalue weighted by Crippen LogP contribution is 2.25. The van der Waals surface area contributed by atoms with Crippen molar-refractivity contribution in [1.82, 2.24) is 9.97 Å². The first kappa shape index (κ1) is 10.4. The van der Waals surface area contributed by atoms with Crippen molar-refractivity contribution in [3.05, 3.63) is 42.5 Å². The maximum atomic E-state index is 5.75. The summed E-state index contributed by atoms with van der Waals surface area (Å²) in [4.78, 5) is 8.05. The molecule has 0 unspecified atom stereocenters. The predicted octanol–water partition coefficient (Wildman–Crippen LogP) is 2.41. The molecule has 2 aromatic rings. The van der Waals surface area contributed by atoms with E-state index in [1.807, 2.05) is 12.3 Å². The van der Waals surface area contributed by atoms with Gasteiger partial charge in [-0.25, -0.2) is 0 Å². The van der Waals surface area contributed by atoms with Gasteiger partial charge in [-0.05, 0) is 24.1 Å². The second-order valence-corrected chi connectivity index (χ2v) is 3.40. The number of ether oxygens (including phenoxy) is 1. The van der Waals surface area contributed by atoms with Crippen molar-refractivity contribution in [3.63, 3.8) is 0 Å². The van der Waals surface area contributed by atoms with E-state index in [9.17, 15) is 0 Å². The molecular formula is C12H13N3O. The highest BCUT2D eigenvalue weighted by atomic mass is 16.5. The van der Waals surface area contributed by atoms with Crippen molar-refractivity contribution in [3.8, 4) is 11.5 Å². The van der Waals surface area contributed by atoms with Crippen molar-refractivity contribution in [2.24, 2.45) is 0 Å². The van der Waals surface area contributed by atoms with Crippen LogP contribution in [0.5, 0.6) is 11.5 Å². The van der Waals surface area contributed by atoms with Crippen LogP contribution in [0.2, 0.25) is 0 Å². The van der Waals surface area contributed by atoms with Gasteiger partial charge >= 0.3 is 0 Å². The molecule has 0 fully saturated rings. The molecule has 0 saturated carbocycles. The minimum atomic E-state index is 0.553. The highest BCUT2D eigenvalue weighted by molar-refractivity contribution is 5.51. The number of aryl methyl sites for hydroxylation is 1. The first-order valence-corrected chi connectivity index (χ1v) is 5.11. The van der Waals surface area contributed by atoms with Crippen LogP contribution < -0.4 is 10.5 Å². The number of hydrogen-bond acceptors (Lipinski definition) is 4. The Labute approximate surface area is 94.1 Å². The molecule has 2 N–H and O–H groups in total. The van der Waals surface area contributed by atoms with Crippen molar-refractivity contribution in [1.29, 1.82) is 0 Å². The zero-order valence-electron chi connectivity index (χ0n) is 9.05. The van der Waals surface area contributed by atoms with Gasteiger partial charge < -0.3 is 10.5 Å². The van der Waals surface area contributed by atoms with Gasteiger partial charge in [-0.2, -0.15) is 0 Å². The molecule has 0 saturated heterocycles. The molecule has 0 atom stereocenters. The maximum Gasteiger partial charge on any atom is 0.168 e. The highest BCUT2D eigenvalue weighted by Gasteiger charge is 2.02. The lowest BCUT2D eigenvalue weighted by Gasteiger charge is -2.07. The molecular weight excluding hydrogens is 202 g/mol. The van der Waals surface area contributed by atoms with Crippen LogP contribution in [0.3, 0.4) is 0 Å². The van der Waals surface area contributed by atoms with Gasteiger partial charge in [-0.1, -0.05) is 6.92 Å². The molecule has 4 heteroatoms. The molecule has 0 amide bonds. The zero-order valence-corrected chi connectivity index (χ0v) is 9.05. The number of anilines is 1. The van der Waals surface area contributed by atoms with Crippen molar-refractivity contribution in [2.75, 3.05) is 5.73 Å². The van der Waals surface area contributed by atoms with E-state index in [4.69, 9.17) is 10.5 Å². The van der Waals surface area contributed by atoms with Crippen LogP contribution in [0.15, 0.2) is 36.9 Å². The molecule has 0 aliphatic carbocycles. The first-order chi connectivity index (χ1) is 7.79. The van der Waals surface area contributed by atoms with Crippen LogP contribution in [0, 0.1) is 0 Å². The van der Waals surface area contributed by atoms with Gasteiger partial charge in [0, 0.05) is 12.4 Å². The van der Waals surface area contributed by atoms with Gasteiger partial charge in [-0.15, -0.1) is 0 Å². The summed E-state index contributed by atoms with van der Waals surface area (Å²) < 4.78 is 5.60. The van der Waals surface area contributed by atoms with E-state index in [0.717, 1.165) is 12.0 Å². The van der Waals surface area contributed by atoms with E-state index in [-0.39, 0.29) is 0 Å². The van der Waals surface area contributed by atoms with Gasteiger partial charge in [0.2, 0.25) is 0 Å². The summed E-state index contributed by atoms with van der Waals surface area (Å²) in [6.07, 6.45) is 7.62. The maximum absolute atomic E-state index is 5.75. The Morgan fingerprint density at radius 1 is 1.25 bits per heavy atom. The third-order valence-electron chi connectivity index (χ3n) is 2.22. The molecule has 0 aromatic carbocycles. The average Bonchev–Trinajstić information content (AvgIpc) is 2.32. The summed E-state index contributed by atoms with van der Waals surface area (Å²) in [5.41, 5.74) is 7.45. The standard InChI is InChI=1S/C12H13N3O/c1-2-9-5-10(7-15-6-9)16-12-8-14-4-3-11(12)13/h3-8H,2H2,1H3,(H2,13,14). The Bertz CT molecular complexity index is 485. The Hall–Kier alpha value is -2.10. The van der Waals surface area contributed by atoms with Crippen molar-refractivity contribution >= 4 is 5.69 Å². The fourth-order valence-corrected chi connectivity index (χ4v) is 1.32. The number of aromatic nitrogens is 2. The van der Waals surface area contributed by atoms with Gasteiger partial charge in [0.1, 0.15) is 5.75 Å².